The summed E-state index contributed by atoms with van der Waals surface area (Å²) in [5.74, 6) is -0.0424. The quantitative estimate of drug-likeness (QED) is 0.670. The maximum absolute atomic E-state index is 10.7. The van der Waals surface area contributed by atoms with Gasteiger partial charge in [0.1, 0.15) is 0 Å². The normalized spacial score (nSPS) is 12.9. The van der Waals surface area contributed by atoms with Crippen LogP contribution in [-0.2, 0) is 14.3 Å². The van der Waals surface area contributed by atoms with Gasteiger partial charge in [0.25, 0.3) is 0 Å². The first-order valence-corrected chi connectivity index (χ1v) is 5.03. The average Bonchev–Trinajstić information content (AvgIpc) is 2.09. The van der Waals surface area contributed by atoms with E-state index in [0.29, 0.717) is 19.8 Å². The highest BCUT2D eigenvalue weighted by Gasteiger charge is 2.09. The molecule has 0 aliphatic rings. The number of rotatable bonds is 7. The number of hydrogen-bond acceptors (Lipinski definition) is 3. The van der Waals surface area contributed by atoms with Gasteiger partial charge in [-0.3, -0.25) is 4.79 Å². The van der Waals surface area contributed by atoms with E-state index in [9.17, 15) is 4.79 Å². The number of amides is 1. The van der Waals surface area contributed by atoms with E-state index in [1.165, 1.54) is 6.92 Å². The van der Waals surface area contributed by atoms with Crippen molar-refractivity contribution in [3.8, 4) is 0 Å². The van der Waals surface area contributed by atoms with Gasteiger partial charge in [-0.05, 0) is 20.8 Å². The third-order valence-electron chi connectivity index (χ3n) is 1.60. The number of hydrogen-bond donors (Lipinski definition) is 1. The SMILES string of the molecule is CCOC(CNC(C)=O)COC(C)C. The lowest BCUT2D eigenvalue weighted by Crippen LogP contribution is -2.35. The summed E-state index contributed by atoms with van der Waals surface area (Å²) in [5, 5.41) is 2.71. The molecule has 0 rings (SSSR count). The van der Waals surface area contributed by atoms with Crippen molar-refractivity contribution in [1.29, 1.82) is 0 Å². The molecule has 0 aliphatic carbocycles. The van der Waals surface area contributed by atoms with Crippen molar-refractivity contribution < 1.29 is 14.3 Å². The zero-order valence-corrected chi connectivity index (χ0v) is 9.50. The summed E-state index contributed by atoms with van der Waals surface area (Å²) >= 11 is 0. The van der Waals surface area contributed by atoms with Crippen LogP contribution < -0.4 is 5.32 Å². The summed E-state index contributed by atoms with van der Waals surface area (Å²) in [6.07, 6.45) is 0.140. The van der Waals surface area contributed by atoms with Gasteiger partial charge in [0.15, 0.2) is 0 Å². The van der Waals surface area contributed by atoms with Crippen LogP contribution in [0.3, 0.4) is 0 Å². The Labute approximate surface area is 86.0 Å². The molecule has 84 valence electrons. The van der Waals surface area contributed by atoms with Crippen LogP contribution in [0.15, 0.2) is 0 Å². The minimum absolute atomic E-state index is 0.0424. The third kappa shape index (κ3) is 8.01. The lowest BCUT2D eigenvalue weighted by molar-refractivity contribution is -0.120. The van der Waals surface area contributed by atoms with E-state index in [2.05, 4.69) is 5.32 Å². The lowest BCUT2D eigenvalue weighted by Gasteiger charge is -2.18. The Morgan fingerprint density at radius 1 is 1.36 bits per heavy atom. The lowest BCUT2D eigenvalue weighted by atomic mass is 10.3. The molecule has 0 aliphatic heterocycles. The van der Waals surface area contributed by atoms with E-state index in [-0.39, 0.29) is 18.1 Å². The second-order valence-corrected chi connectivity index (χ2v) is 3.40. The first-order chi connectivity index (χ1) is 6.56. The number of carbonyl (C=O) groups is 1. The predicted molar refractivity (Wildman–Crippen MR) is 55.2 cm³/mol. The molecule has 0 saturated heterocycles. The van der Waals surface area contributed by atoms with Crippen molar-refractivity contribution in [3.63, 3.8) is 0 Å². The van der Waals surface area contributed by atoms with Gasteiger partial charge in [-0.2, -0.15) is 0 Å². The summed E-state index contributed by atoms with van der Waals surface area (Å²) in [5.41, 5.74) is 0. The van der Waals surface area contributed by atoms with Crippen molar-refractivity contribution in [1.82, 2.24) is 5.32 Å². The van der Waals surface area contributed by atoms with Crippen molar-refractivity contribution in [2.75, 3.05) is 19.8 Å². The molecule has 14 heavy (non-hydrogen) atoms. The molecule has 4 heteroatoms. The van der Waals surface area contributed by atoms with Gasteiger partial charge in [-0.25, -0.2) is 0 Å². The first-order valence-electron chi connectivity index (χ1n) is 5.03. The number of carbonyl (C=O) groups excluding carboxylic acids is 1. The molecule has 0 saturated carbocycles. The number of ether oxygens (including phenoxy) is 2. The van der Waals surface area contributed by atoms with Crippen molar-refractivity contribution in [3.05, 3.63) is 0 Å². The van der Waals surface area contributed by atoms with Crippen LogP contribution in [0.5, 0.6) is 0 Å². The molecule has 1 atom stereocenters. The van der Waals surface area contributed by atoms with Crippen LogP contribution in [-0.4, -0.2) is 37.9 Å². The Kier molecular flexibility index (Phi) is 7.42. The maximum atomic E-state index is 10.7. The molecular weight excluding hydrogens is 182 g/mol. The van der Waals surface area contributed by atoms with E-state index in [4.69, 9.17) is 9.47 Å². The molecule has 4 nitrogen and oxygen atoms in total. The van der Waals surface area contributed by atoms with Gasteiger partial charge in [0.05, 0.1) is 18.8 Å². The fraction of sp³-hybridized carbons (Fsp3) is 0.900. The van der Waals surface area contributed by atoms with E-state index >= 15 is 0 Å². The second kappa shape index (κ2) is 7.76. The highest BCUT2D eigenvalue weighted by atomic mass is 16.5. The maximum Gasteiger partial charge on any atom is 0.216 e. The molecule has 0 fully saturated rings. The van der Waals surface area contributed by atoms with Crippen molar-refractivity contribution in [2.45, 2.75) is 39.9 Å². The van der Waals surface area contributed by atoms with Crippen molar-refractivity contribution in [2.24, 2.45) is 0 Å². The van der Waals surface area contributed by atoms with Crippen molar-refractivity contribution >= 4 is 5.91 Å². The minimum Gasteiger partial charge on any atom is -0.376 e. The Balaban J connectivity index is 3.70. The average molecular weight is 203 g/mol. The Morgan fingerprint density at radius 2 is 2.00 bits per heavy atom. The zero-order chi connectivity index (χ0) is 11.0. The highest BCUT2D eigenvalue weighted by molar-refractivity contribution is 5.72. The van der Waals surface area contributed by atoms with Gasteiger partial charge in [-0.1, -0.05) is 0 Å². The first kappa shape index (κ1) is 13.4. The largest absolute Gasteiger partial charge is 0.376 e. The molecule has 1 amide bonds. The van der Waals surface area contributed by atoms with Gasteiger partial charge in [-0.15, -0.1) is 0 Å². The van der Waals surface area contributed by atoms with E-state index in [1.54, 1.807) is 0 Å². The number of nitrogens with one attached hydrogen (secondary N) is 1. The molecule has 0 aromatic heterocycles. The zero-order valence-electron chi connectivity index (χ0n) is 9.50. The van der Waals surface area contributed by atoms with Crippen LogP contribution in [0.4, 0.5) is 0 Å². The molecule has 0 spiro atoms. The summed E-state index contributed by atoms with van der Waals surface area (Å²) in [4.78, 5) is 10.7. The topological polar surface area (TPSA) is 47.6 Å². The van der Waals surface area contributed by atoms with Gasteiger partial charge >= 0.3 is 0 Å². The Hall–Kier alpha value is -0.610. The molecule has 0 aromatic carbocycles. The monoisotopic (exact) mass is 203 g/mol. The summed E-state index contributed by atoms with van der Waals surface area (Å²) in [6.45, 7) is 9.03. The Bertz CT molecular complexity index is 159. The fourth-order valence-electron chi connectivity index (χ4n) is 0.959. The highest BCUT2D eigenvalue weighted by Crippen LogP contribution is 1.96. The molecule has 0 bridgehead atoms. The van der Waals surface area contributed by atoms with Gasteiger partial charge in [0.2, 0.25) is 5.91 Å². The van der Waals surface area contributed by atoms with Gasteiger partial charge < -0.3 is 14.8 Å². The molecule has 0 heterocycles. The van der Waals surface area contributed by atoms with E-state index in [1.807, 2.05) is 20.8 Å². The fourth-order valence-corrected chi connectivity index (χ4v) is 0.959. The van der Waals surface area contributed by atoms with Gasteiger partial charge in [0, 0.05) is 20.1 Å². The van der Waals surface area contributed by atoms with Crippen LogP contribution in [0.2, 0.25) is 0 Å². The molecule has 1 N–H and O–H groups in total. The molecular formula is C10H21NO3. The van der Waals surface area contributed by atoms with E-state index < -0.39 is 0 Å². The standard InChI is InChI=1S/C10H21NO3/c1-5-13-10(6-11-9(4)12)7-14-8(2)3/h8,10H,5-7H2,1-4H3,(H,11,12). The summed E-state index contributed by atoms with van der Waals surface area (Å²) in [6, 6.07) is 0. The smallest absolute Gasteiger partial charge is 0.216 e. The predicted octanol–water partition coefficient (Wildman–Crippen LogP) is 0.953. The van der Waals surface area contributed by atoms with Crippen LogP contribution in [0.25, 0.3) is 0 Å². The summed E-state index contributed by atoms with van der Waals surface area (Å²) < 4.78 is 10.8. The summed E-state index contributed by atoms with van der Waals surface area (Å²) in [7, 11) is 0. The van der Waals surface area contributed by atoms with Crippen LogP contribution in [0, 0.1) is 0 Å². The minimum atomic E-state index is -0.0497. The molecule has 0 aromatic rings. The van der Waals surface area contributed by atoms with Crippen LogP contribution in [0.1, 0.15) is 27.7 Å². The van der Waals surface area contributed by atoms with E-state index in [0.717, 1.165) is 0 Å². The molecule has 0 radical (unpaired) electrons. The second-order valence-electron chi connectivity index (χ2n) is 3.40. The Morgan fingerprint density at radius 3 is 2.43 bits per heavy atom. The van der Waals surface area contributed by atoms with Crippen LogP contribution >= 0.6 is 0 Å². The molecule has 1 unspecified atom stereocenters. The third-order valence-corrected chi connectivity index (χ3v) is 1.60.